The van der Waals surface area contributed by atoms with Crippen LogP contribution in [0.3, 0.4) is 0 Å². The van der Waals surface area contributed by atoms with Crippen molar-refractivity contribution < 1.29 is 23.4 Å². The number of urea groups is 1. The van der Waals surface area contributed by atoms with Crippen molar-refractivity contribution in [3.8, 4) is 5.75 Å². The maximum Gasteiger partial charge on any atom is 0.319 e. The molecule has 1 fully saturated rings. The minimum atomic E-state index is -0.496. The van der Waals surface area contributed by atoms with Crippen LogP contribution in [-0.4, -0.2) is 55.6 Å². The topological polar surface area (TPSA) is 107 Å². The number of nitrogens with zero attached hydrogens (tertiary/aromatic N) is 2. The summed E-state index contributed by atoms with van der Waals surface area (Å²) in [7, 11) is 1.57. The quantitative estimate of drug-likeness (QED) is 0.460. The normalized spacial score (nSPS) is 15.5. The van der Waals surface area contributed by atoms with Crippen molar-refractivity contribution >= 4 is 34.1 Å². The van der Waals surface area contributed by atoms with Crippen LogP contribution in [0.5, 0.6) is 5.75 Å². The van der Waals surface area contributed by atoms with Gasteiger partial charge < -0.3 is 30.2 Å². The average Bonchev–Trinajstić information content (AvgIpc) is 3.28. The number of anilines is 3. The van der Waals surface area contributed by atoms with Crippen LogP contribution >= 0.6 is 0 Å². The van der Waals surface area contributed by atoms with Crippen LogP contribution in [0.4, 0.5) is 26.4 Å². The number of benzene rings is 2. The van der Waals surface area contributed by atoms with Crippen molar-refractivity contribution in [3.05, 3.63) is 48.5 Å². The van der Waals surface area contributed by atoms with Gasteiger partial charge in [0.25, 0.3) is 0 Å². The van der Waals surface area contributed by atoms with Crippen LogP contribution in [0.25, 0.3) is 10.9 Å². The van der Waals surface area contributed by atoms with Gasteiger partial charge in [-0.1, -0.05) is 0 Å². The van der Waals surface area contributed by atoms with Crippen LogP contribution in [0.1, 0.15) is 6.42 Å². The molecule has 0 unspecified atom stereocenters. The van der Waals surface area contributed by atoms with Crippen molar-refractivity contribution in [1.82, 2.24) is 15.3 Å². The number of carbonyl (C=O) groups is 1. The smallest absolute Gasteiger partial charge is 0.319 e. The molecule has 0 saturated carbocycles. The van der Waals surface area contributed by atoms with Gasteiger partial charge in [-0.15, -0.1) is 0 Å². The molecule has 2 aromatic carbocycles. The molecule has 0 spiro atoms. The van der Waals surface area contributed by atoms with Gasteiger partial charge in [0.2, 0.25) is 0 Å². The number of hydrogen-bond acceptors (Lipinski definition) is 7. The first-order chi connectivity index (χ1) is 15.6. The Hall–Kier alpha value is -3.50. The zero-order valence-electron chi connectivity index (χ0n) is 17.6. The number of ether oxygens (including phenoxy) is 3. The number of halogens is 1. The third-order valence-corrected chi connectivity index (χ3v) is 4.89. The molecule has 3 N–H and O–H groups in total. The van der Waals surface area contributed by atoms with E-state index in [9.17, 15) is 9.18 Å². The number of methoxy groups -OCH3 is 1. The van der Waals surface area contributed by atoms with E-state index in [-0.39, 0.29) is 17.5 Å². The Balaban J connectivity index is 1.44. The van der Waals surface area contributed by atoms with E-state index in [4.69, 9.17) is 14.2 Å². The first kappa shape index (κ1) is 21.7. The molecule has 10 heteroatoms. The lowest BCUT2D eigenvalue weighted by Gasteiger charge is -2.13. The monoisotopic (exact) mass is 441 g/mol. The number of amides is 2. The minimum Gasteiger partial charge on any atom is -0.491 e. The molecule has 0 bridgehead atoms. The summed E-state index contributed by atoms with van der Waals surface area (Å²) in [6.45, 7) is 1.90. The van der Waals surface area contributed by atoms with Crippen molar-refractivity contribution in [1.29, 1.82) is 0 Å². The average molecular weight is 441 g/mol. The fraction of sp³-hybridized carbons (Fsp3) is 0.318. The van der Waals surface area contributed by atoms with Gasteiger partial charge in [-0.3, -0.25) is 0 Å². The molecule has 2 heterocycles. The first-order valence-corrected chi connectivity index (χ1v) is 10.2. The van der Waals surface area contributed by atoms with Crippen LogP contribution in [0.15, 0.2) is 42.7 Å². The fourth-order valence-corrected chi connectivity index (χ4v) is 3.31. The predicted octanol–water partition coefficient (Wildman–Crippen LogP) is 3.45. The fourth-order valence-electron chi connectivity index (χ4n) is 3.31. The molecule has 168 valence electrons. The molecule has 4 rings (SSSR count). The van der Waals surface area contributed by atoms with Crippen LogP contribution < -0.4 is 20.7 Å². The second-order valence-electron chi connectivity index (χ2n) is 7.22. The van der Waals surface area contributed by atoms with Gasteiger partial charge in [0.05, 0.1) is 30.2 Å². The highest BCUT2D eigenvalue weighted by atomic mass is 19.1. The maximum absolute atomic E-state index is 14.8. The Morgan fingerprint density at radius 1 is 1.19 bits per heavy atom. The standard InChI is InChI=1S/C22H24FN5O4/c1-30-8-9-32-17-10-18(23)20-19(11-17)24-13-25-21(20)26-14-2-4-15(5-3-14)27-22(29)28-16-6-7-31-12-16/h2-5,10-11,13,16H,6-9,12H2,1H3,(H,24,25,26)(H2,27,28,29)/t16-/m1/s1. The number of fused-ring (bicyclic) bond motifs is 1. The summed E-state index contributed by atoms with van der Waals surface area (Å²) in [4.78, 5) is 20.4. The van der Waals surface area contributed by atoms with Crippen molar-refractivity contribution in [3.63, 3.8) is 0 Å². The third-order valence-electron chi connectivity index (χ3n) is 4.89. The van der Waals surface area contributed by atoms with Crippen molar-refractivity contribution in [2.45, 2.75) is 12.5 Å². The van der Waals surface area contributed by atoms with Gasteiger partial charge in [0.1, 0.15) is 30.3 Å². The highest BCUT2D eigenvalue weighted by Crippen LogP contribution is 2.29. The zero-order chi connectivity index (χ0) is 22.3. The van der Waals surface area contributed by atoms with E-state index in [1.807, 2.05) is 0 Å². The van der Waals surface area contributed by atoms with E-state index in [0.717, 1.165) is 6.42 Å². The highest BCUT2D eigenvalue weighted by molar-refractivity contribution is 5.92. The van der Waals surface area contributed by atoms with Crippen molar-refractivity contribution in [2.24, 2.45) is 0 Å². The van der Waals surface area contributed by atoms with E-state index in [1.165, 1.54) is 12.4 Å². The van der Waals surface area contributed by atoms with E-state index >= 15 is 0 Å². The van der Waals surface area contributed by atoms with Gasteiger partial charge in [-0.05, 0) is 30.7 Å². The lowest BCUT2D eigenvalue weighted by atomic mass is 10.2. The highest BCUT2D eigenvalue weighted by Gasteiger charge is 2.17. The Kier molecular flexibility index (Phi) is 6.93. The molecule has 0 radical (unpaired) electrons. The molecule has 2 amide bonds. The lowest BCUT2D eigenvalue weighted by molar-refractivity contribution is 0.146. The second kappa shape index (κ2) is 10.2. The maximum atomic E-state index is 14.8. The summed E-state index contributed by atoms with van der Waals surface area (Å²) >= 11 is 0. The van der Waals surface area contributed by atoms with Crippen LogP contribution in [0.2, 0.25) is 0 Å². The van der Waals surface area contributed by atoms with Gasteiger partial charge in [-0.2, -0.15) is 0 Å². The van der Waals surface area contributed by atoms with Gasteiger partial charge in [0, 0.05) is 37.2 Å². The molecule has 3 aromatic rings. The molecule has 0 aliphatic carbocycles. The molecule has 32 heavy (non-hydrogen) atoms. The summed E-state index contributed by atoms with van der Waals surface area (Å²) in [6.07, 6.45) is 2.16. The Bertz CT molecular complexity index is 1070. The number of aromatic nitrogens is 2. The summed E-state index contributed by atoms with van der Waals surface area (Å²) in [5.41, 5.74) is 1.73. The molecule has 1 aromatic heterocycles. The molecular weight excluding hydrogens is 417 g/mol. The number of hydrogen-bond donors (Lipinski definition) is 3. The SMILES string of the molecule is COCCOc1cc(F)c2c(Nc3ccc(NC(=O)N[C@@H]4CCOC4)cc3)ncnc2c1. The molecule has 1 atom stereocenters. The Morgan fingerprint density at radius 3 is 2.75 bits per heavy atom. The molecular formula is C22H24FN5O4. The van der Waals surface area contributed by atoms with Gasteiger partial charge >= 0.3 is 6.03 Å². The van der Waals surface area contributed by atoms with E-state index in [2.05, 4.69) is 25.9 Å². The Labute approximate surface area is 184 Å². The first-order valence-electron chi connectivity index (χ1n) is 10.2. The lowest BCUT2D eigenvalue weighted by Crippen LogP contribution is -2.38. The zero-order valence-corrected chi connectivity index (χ0v) is 17.6. The summed E-state index contributed by atoms with van der Waals surface area (Å²) in [5.74, 6) is 0.203. The van der Waals surface area contributed by atoms with Crippen LogP contribution in [0, 0.1) is 5.82 Å². The largest absolute Gasteiger partial charge is 0.491 e. The van der Waals surface area contributed by atoms with Gasteiger partial charge in [-0.25, -0.2) is 19.2 Å². The third kappa shape index (κ3) is 5.40. The predicted molar refractivity (Wildman–Crippen MR) is 118 cm³/mol. The number of nitrogens with one attached hydrogen (secondary N) is 3. The second-order valence-corrected chi connectivity index (χ2v) is 7.22. The molecule has 1 saturated heterocycles. The van der Waals surface area contributed by atoms with E-state index in [1.54, 1.807) is 37.4 Å². The minimum absolute atomic E-state index is 0.0303. The van der Waals surface area contributed by atoms with Crippen molar-refractivity contribution in [2.75, 3.05) is 44.2 Å². The summed E-state index contributed by atoms with van der Waals surface area (Å²) in [5, 5.41) is 9.00. The van der Waals surface area contributed by atoms with Gasteiger partial charge in [0.15, 0.2) is 0 Å². The van der Waals surface area contributed by atoms with E-state index < -0.39 is 5.82 Å². The summed E-state index contributed by atoms with van der Waals surface area (Å²) in [6, 6.07) is 9.72. The molecule has 1 aliphatic rings. The summed E-state index contributed by atoms with van der Waals surface area (Å²) < 4.78 is 30.5. The number of rotatable bonds is 8. The molecule has 1 aliphatic heterocycles. The van der Waals surface area contributed by atoms with Crippen LogP contribution in [-0.2, 0) is 9.47 Å². The van der Waals surface area contributed by atoms with E-state index in [0.29, 0.717) is 54.9 Å². The Morgan fingerprint density at radius 2 is 2.00 bits per heavy atom. The molecule has 9 nitrogen and oxygen atoms in total. The number of carbonyl (C=O) groups excluding carboxylic acids is 1.